The van der Waals surface area contributed by atoms with Gasteiger partial charge in [0.1, 0.15) is 18.1 Å². The molecule has 0 spiro atoms. The molecule has 1 aromatic heterocycles. The normalized spacial score (nSPS) is 14.2. The van der Waals surface area contributed by atoms with E-state index in [1.807, 2.05) is 36.4 Å². The summed E-state index contributed by atoms with van der Waals surface area (Å²) in [6.07, 6.45) is 1.83. The Balaban J connectivity index is 1.72. The van der Waals surface area contributed by atoms with Gasteiger partial charge in [-0.25, -0.2) is 4.79 Å². The molecule has 134 valence electrons. The van der Waals surface area contributed by atoms with Gasteiger partial charge in [0.25, 0.3) is 0 Å². The van der Waals surface area contributed by atoms with Crippen LogP contribution in [0.1, 0.15) is 30.0 Å². The molecule has 3 aromatic rings. The van der Waals surface area contributed by atoms with E-state index in [1.165, 1.54) is 0 Å². The molecule has 0 saturated carbocycles. The van der Waals surface area contributed by atoms with Gasteiger partial charge in [0.05, 0.1) is 5.56 Å². The zero-order chi connectivity index (χ0) is 18.1. The first kappa shape index (κ1) is 17.1. The van der Waals surface area contributed by atoms with Crippen molar-refractivity contribution < 1.29 is 9.15 Å². The maximum atomic E-state index is 12.0. The quantitative estimate of drug-likeness (QED) is 0.622. The molecule has 0 bridgehead atoms. The summed E-state index contributed by atoms with van der Waals surface area (Å²) in [6.45, 7) is 3.90. The van der Waals surface area contributed by atoms with Crippen LogP contribution in [-0.2, 0) is 19.5 Å². The molecule has 0 radical (unpaired) electrons. The Kier molecular flexibility index (Phi) is 4.70. The van der Waals surface area contributed by atoms with Crippen molar-refractivity contribution in [3.8, 4) is 5.75 Å². The van der Waals surface area contributed by atoms with Crippen molar-refractivity contribution >= 4 is 22.6 Å². The van der Waals surface area contributed by atoms with Gasteiger partial charge in [0.15, 0.2) is 0 Å². The van der Waals surface area contributed by atoms with E-state index in [1.54, 1.807) is 6.07 Å². The molecule has 0 aliphatic carbocycles. The molecule has 26 heavy (non-hydrogen) atoms. The van der Waals surface area contributed by atoms with Crippen LogP contribution in [-0.4, -0.2) is 11.6 Å². The number of fused-ring (bicyclic) bond motifs is 3. The fourth-order valence-electron chi connectivity index (χ4n) is 3.49. The maximum Gasteiger partial charge on any atom is 0.336 e. The lowest BCUT2D eigenvalue weighted by Gasteiger charge is -2.29. The fraction of sp³-hybridized carbons (Fsp3) is 0.286. The summed E-state index contributed by atoms with van der Waals surface area (Å²) in [7, 11) is 0. The lowest BCUT2D eigenvalue weighted by Crippen LogP contribution is -2.31. The Morgan fingerprint density at radius 3 is 2.81 bits per heavy atom. The van der Waals surface area contributed by atoms with Gasteiger partial charge in [-0.05, 0) is 35.7 Å². The lowest BCUT2D eigenvalue weighted by atomic mass is 10.0. The van der Waals surface area contributed by atoms with Gasteiger partial charge in [-0.1, -0.05) is 43.1 Å². The lowest BCUT2D eigenvalue weighted by molar-refractivity contribution is 0.0890. The monoisotopic (exact) mass is 369 g/mol. The first-order valence-electron chi connectivity index (χ1n) is 8.83. The number of hydrogen-bond donors (Lipinski definition) is 0. The predicted molar refractivity (Wildman–Crippen MR) is 103 cm³/mol. The number of hydrogen-bond acceptors (Lipinski definition) is 4. The van der Waals surface area contributed by atoms with Crippen LogP contribution in [0.4, 0.5) is 0 Å². The van der Waals surface area contributed by atoms with E-state index >= 15 is 0 Å². The Hall–Kier alpha value is -2.30. The third kappa shape index (κ3) is 3.22. The molecule has 0 atom stereocenters. The summed E-state index contributed by atoms with van der Waals surface area (Å²) in [5.74, 6) is 0.782. The van der Waals surface area contributed by atoms with Crippen molar-refractivity contribution in [3.63, 3.8) is 0 Å². The molecule has 4 rings (SSSR count). The van der Waals surface area contributed by atoms with E-state index in [4.69, 9.17) is 20.8 Å². The highest BCUT2D eigenvalue weighted by atomic mass is 35.5. The molecule has 0 N–H and O–H groups in total. The Bertz CT molecular complexity index is 1010. The summed E-state index contributed by atoms with van der Waals surface area (Å²) < 4.78 is 11.5. The summed E-state index contributed by atoms with van der Waals surface area (Å²) in [4.78, 5) is 14.2. The van der Waals surface area contributed by atoms with Crippen molar-refractivity contribution in [1.82, 2.24) is 4.90 Å². The van der Waals surface area contributed by atoms with Gasteiger partial charge in [0, 0.05) is 29.6 Å². The summed E-state index contributed by atoms with van der Waals surface area (Å²) in [5.41, 5.74) is 3.34. The van der Waals surface area contributed by atoms with Gasteiger partial charge in [-0.3, -0.25) is 4.90 Å². The number of benzene rings is 2. The van der Waals surface area contributed by atoms with Gasteiger partial charge in [0.2, 0.25) is 0 Å². The minimum absolute atomic E-state index is 0.308. The number of aryl methyl sites for hydroxylation is 1. The van der Waals surface area contributed by atoms with Crippen LogP contribution in [0, 0.1) is 0 Å². The molecule has 0 saturated heterocycles. The number of rotatable bonds is 4. The highest BCUT2D eigenvalue weighted by Crippen LogP contribution is 2.34. The van der Waals surface area contributed by atoms with E-state index in [0.717, 1.165) is 45.7 Å². The van der Waals surface area contributed by atoms with Crippen molar-refractivity contribution in [2.75, 3.05) is 6.73 Å². The van der Waals surface area contributed by atoms with Gasteiger partial charge >= 0.3 is 5.63 Å². The first-order valence-corrected chi connectivity index (χ1v) is 9.20. The third-order valence-corrected chi connectivity index (χ3v) is 5.08. The Morgan fingerprint density at radius 2 is 2.00 bits per heavy atom. The predicted octanol–water partition coefficient (Wildman–Crippen LogP) is 4.75. The minimum Gasteiger partial charge on any atom is -0.478 e. The van der Waals surface area contributed by atoms with Crippen molar-refractivity contribution in [1.29, 1.82) is 0 Å². The first-order chi connectivity index (χ1) is 12.7. The standard InChI is InChI=1S/C21H20ClNO3/c1-2-5-14-10-20(24)26-21-16(14)8-9-19-17(21)12-23(13-25-19)11-15-6-3-4-7-18(15)22/h3-4,6-10H,2,5,11-13H2,1H3. The molecular weight excluding hydrogens is 350 g/mol. The Labute approximate surface area is 156 Å². The van der Waals surface area contributed by atoms with Crippen molar-refractivity contribution in [3.05, 3.63) is 74.6 Å². The minimum atomic E-state index is -0.308. The van der Waals surface area contributed by atoms with Crippen LogP contribution < -0.4 is 10.4 Å². The highest BCUT2D eigenvalue weighted by molar-refractivity contribution is 6.31. The summed E-state index contributed by atoms with van der Waals surface area (Å²) >= 11 is 6.29. The van der Waals surface area contributed by atoms with E-state index in [0.29, 0.717) is 25.4 Å². The molecular formula is C21H20ClNO3. The average molecular weight is 370 g/mol. The van der Waals surface area contributed by atoms with E-state index in [2.05, 4.69) is 11.8 Å². The average Bonchev–Trinajstić information content (AvgIpc) is 2.64. The number of ether oxygens (including phenoxy) is 1. The summed E-state index contributed by atoms with van der Waals surface area (Å²) in [5, 5.41) is 1.74. The second kappa shape index (κ2) is 7.14. The highest BCUT2D eigenvalue weighted by Gasteiger charge is 2.22. The van der Waals surface area contributed by atoms with E-state index in [9.17, 15) is 4.79 Å². The topological polar surface area (TPSA) is 42.7 Å². The largest absolute Gasteiger partial charge is 0.478 e. The SMILES string of the molecule is CCCc1cc(=O)oc2c3c(ccc12)OCN(Cc1ccccc1Cl)C3. The van der Waals surface area contributed by atoms with Gasteiger partial charge < -0.3 is 9.15 Å². The fourth-order valence-corrected chi connectivity index (χ4v) is 3.69. The van der Waals surface area contributed by atoms with Gasteiger partial charge in [-0.15, -0.1) is 0 Å². The van der Waals surface area contributed by atoms with Gasteiger partial charge in [-0.2, -0.15) is 0 Å². The second-order valence-electron chi connectivity index (χ2n) is 6.61. The maximum absolute atomic E-state index is 12.0. The molecule has 4 nitrogen and oxygen atoms in total. The van der Waals surface area contributed by atoms with Crippen LogP contribution in [0.2, 0.25) is 5.02 Å². The van der Waals surface area contributed by atoms with Crippen LogP contribution >= 0.6 is 11.6 Å². The smallest absolute Gasteiger partial charge is 0.336 e. The molecule has 2 heterocycles. The van der Waals surface area contributed by atoms with Crippen molar-refractivity contribution in [2.45, 2.75) is 32.9 Å². The molecule has 1 aliphatic rings. The van der Waals surface area contributed by atoms with Crippen LogP contribution in [0.25, 0.3) is 11.0 Å². The zero-order valence-electron chi connectivity index (χ0n) is 14.6. The van der Waals surface area contributed by atoms with Crippen LogP contribution in [0.3, 0.4) is 0 Å². The molecule has 0 amide bonds. The molecule has 2 aromatic carbocycles. The van der Waals surface area contributed by atoms with Crippen LogP contribution in [0.15, 0.2) is 51.7 Å². The Morgan fingerprint density at radius 1 is 1.15 bits per heavy atom. The molecule has 1 aliphatic heterocycles. The van der Waals surface area contributed by atoms with Crippen molar-refractivity contribution in [2.24, 2.45) is 0 Å². The zero-order valence-corrected chi connectivity index (χ0v) is 15.4. The summed E-state index contributed by atoms with van der Waals surface area (Å²) in [6, 6.07) is 13.4. The van der Waals surface area contributed by atoms with E-state index < -0.39 is 0 Å². The number of halogens is 1. The van der Waals surface area contributed by atoms with Crippen LogP contribution in [0.5, 0.6) is 5.75 Å². The molecule has 5 heteroatoms. The van der Waals surface area contributed by atoms with E-state index in [-0.39, 0.29) is 5.63 Å². The molecule has 0 fully saturated rings. The molecule has 0 unspecified atom stereocenters. The third-order valence-electron chi connectivity index (χ3n) is 4.71. The second-order valence-corrected chi connectivity index (χ2v) is 7.02. The number of nitrogens with zero attached hydrogens (tertiary/aromatic N) is 1.